The summed E-state index contributed by atoms with van der Waals surface area (Å²) in [6.45, 7) is 6.28. The molecule has 0 amide bonds. The second-order valence-corrected chi connectivity index (χ2v) is 13.5. The number of unbranched alkanes of at least 4 members (excludes halogenated alkanes) is 11. The van der Waals surface area contributed by atoms with E-state index in [4.69, 9.17) is 14.2 Å². The first kappa shape index (κ1) is 49.6. The highest BCUT2D eigenvalue weighted by atomic mass is 16.6. The Morgan fingerprint density at radius 3 is 1.13 bits per heavy atom. The van der Waals surface area contributed by atoms with Gasteiger partial charge in [-0.2, -0.15) is 0 Å². The first-order chi connectivity index (χ1) is 26.0. The van der Waals surface area contributed by atoms with E-state index in [1.165, 1.54) is 6.42 Å². The number of carbonyl (C=O) groups is 3. The second-order valence-electron chi connectivity index (χ2n) is 13.5. The Labute approximate surface area is 325 Å². The van der Waals surface area contributed by atoms with Crippen molar-refractivity contribution in [3.05, 3.63) is 85.1 Å². The Kier molecular flexibility index (Phi) is 38.7. The summed E-state index contributed by atoms with van der Waals surface area (Å²) in [4.78, 5) is 37.0. The molecule has 0 aromatic heterocycles. The number of ether oxygens (including phenoxy) is 3. The van der Waals surface area contributed by atoms with Crippen molar-refractivity contribution in [1.82, 2.24) is 0 Å². The summed E-state index contributed by atoms with van der Waals surface area (Å²) in [7, 11) is 0. The summed E-state index contributed by atoms with van der Waals surface area (Å²) >= 11 is 0. The van der Waals surface area contributed by atoms with Crippen molar-refractivity contribution >= 4 is 17.9 Å². The molecule has 0 spiro atoms. The fourth-order valence-corrected chi connectivity index (χ4v) is 5.24. The molecule has 0 heterocycles. The van der Waals surface area contributed by atoms with Gasteiger partial charge in [0.05, 0.1) is 0 Å². The molecule has 1 atom stereocenters. The van der Waals surface area contributed by atoms with Crippen molar-refractivity contribution in [3.63, 3.8) is 0 Å². The average Bonchev–Trinajstić information content (AvgIpc) is 3.15. The van der Waals surface area contributed by atoms with Gasteiger partial charge in [-0.3, -0.25) is 14.4 Å². The number of allylic oxidation sites excluding steroid dienone is 14. The molecule has 0 saturated carbocycles. The van der Waals surface area contributed by atoms with E-state index >= 15 is 0 Å². The Hall–Kier alpha value is -3.41. The molecule has 0 bridgehead atoms. The van der Waals surface area contributed by atoms with E-state index in [0.717, 1.165) is 128 Å². The van der Waals surface area contributed by atoms with Crippen LogP contribution in [0.25, 0.3) is 0 Å². The highest BCUT2D eigenvalue weighted by Gasteiger charge is 2.19. The van der Waals surface area contributed by atoms with Gasteiger partial charge in [0.1, 0.15) is 13.2 Å². The standard InChI is InChI=1S/C47H76O6/c1-4-7-10-13-14-15-16-17-18-19-20-21-22-23-24-25-26-27-28-29-30-31-32-35-37-40-46(49)52-43-44(53-47(50)41-38-34-12-9-6-3)42-51-45(48)39-36-33-11-8-5-2/h7,10,14-15,17-18,20-21,23-24,26-27,29-30,44H,4-6,8-9,11-13,16,19,22,25,28,31-43H2,1-3H3/b10-7-,15-14-,18-17-,21-20-,24-23-,27-26-,30-29-. The van der Waals surface area contributed by atoms with E-state index in [9.17, 15) is 14.4 Å². The molecule has 6 heteroatoms. The molecule has 0 fully saturated rings. The third-order valence-electron chi connectivity index (χ3n) is 8.41. The molecule has 1 unspecified atom stereocenters. The van der Waals surface area contributed by atoms with E-state index in [-0.39, 0.29) is 31.1 Å². The lowest BCUT2D eigenvalue weighted by Gasteiger charge is -2.18. The van der Waals surface area contributed by atoms with Crippen molar-refractivity contribution in [2.75, 3.05) is 13.2 Å². The van der Waals surface area contributed by atoms with E-state index in [1.54, 1.807) is 0 Å². The number of hydrogen-bond donors (Lipinski definition) is 0. The summed E-state index contributed by atoms with van der Waals surface area (Å²) in [6.07, 6.45) is 52.1. The van der Waals surface area contributed by atoms with Crippen LogP contribution < -0.4 is 0 Å². The summed E-state index contributed by atoms with van der Waals surface area (Å²) in [5, 5.41) is 0. The van der Waals surface area contributed by atoms with Gasteiger partial charge in [-0.15, -0.1) is 0 Å². The van der Waals surface area contributed by atoms with Gasteiger partial charge in [-0.1, -0.05) is 164 Å². The Balaban J connectivity index is 4.12. The van der Waals surface area contributed by atoms with Crippen LogP contribution in [0.5, 0.6) is 0 Å². The number of hydrogen-bond acceptors (Lipinski definition) is 6. The molecule has 6 nitrogen and oxygen atoms in total. The highest BCUT2D eigenvalue weighted by Crippen LogP contribution is 2.11. The smallest absolute Gasteiger partial charge is 0.306 e. The first-order valence-electron chi connectivity index (χ1n) is 21.1. The van der Waals surface area contributed by atoms with Crippen LogP contribution in [-0.2, 0) is 28.6 Å². The number of rotatable bonds is 36. The minimum absolute atomic E-state index is 0.0897. The molecule has 0 aromatic carbocycles. The van der Waals surface area contributed by atoms with Crippen LogP contribution in [0.1, 0.15) is 175 Å². The Bertz CT molecular complexity index is 1080. The van der Waals surface area contributed by atoms with Crippen LogP contribution in [0.4, 0.5) is 0 Å². The molecular weight excluding hydrogens is 661 g/mol. The van der Waals surface area contributed by atoms with E-state index in [0.29, 0.717) is 19.3 Å². The quantitative estimate of drug-likeness (QED) is 0.0276. The zero-order valence-corrected chi connectivity index (χ0v) is 34.0. The van der Waals surface area contributed by atoms with Gasteiger partial charge in [-0.05, 0) is 77.0 Å². The molecule has 0 rings (SSSR count). The molecule has 0 aliphatic rings. The van der Waals surface area contributed by atoms with Crippen LogP contribution in [0.2, 0.25) is 0 Å². The fourth-order valence-electron chi connectivity index (χ4n) is 5.24. The SMILES string of the molecule is CC/C=C\C/C=C\C/C=C\C/C=C\C/C=C\C/C=C\C/C=C\CCCCCC(=O)OCC(COC(=O)CCCCCCC)OC(=O)CCCCCCC. The van der Waals surface area contributed by atoms with Gasteiger partial charge >= 0.3 is 17.9 Å². The van der Waals surface area contributed by atoms with Gasteiger partial charge in [0, 0.05) is 19.3 Å². The summed E-state index contributed by atoms with van der Waals surface area (Å²) in [5.74, 6) is -0.965. The minimum Gasteiger partial charge on any atom is -0.462 e. The van der Waals surface area contributed by atoms with E-state index in [1.807, 2.05) is 0 Å². The van der Waals surface area contributed by atoms with Gasteiger partial charge in [0.25, 0.3) is 0 Å². The minimum atomic E-state index is -0.780. The molecule has 0 aromatic rings. The van der Waals surface area contributed by atoms with E-state index < -0.39 is 6.10 Å². The molecule has 0 N–H and O–H groups in total. The van der Waals surface area contributed by atoms with Crippen molar-refractivity contribution < 1.29 is 28.6 Å². The van der Waals surface area contributed by atoms with Crippen molar-refractivity contribution in [3.8, 4) is 0 Å². The zero-order chi connectivity index (χ0) is 38.7. The molecule has 300 valence electrons. The van der Waals surface area contributed by atoms with E-state index in [2.05, 4.69) is 106 Å². The second kappa shape index (κ2) is 41.3. The topological polar surface area (TPSA) is 78.9 Å². The third kappa shape index (κ3) is 39.6. The third-order valence-corrected chi connectivity index (χ3v) is 8.41. The predicted octanol–water partition coefficient (Wildman–Crippen LogP) is 13.3. The molecule has 0 saturated heterocycles. The van der Waals surface area contributed by atoms with Gasteiger partial charge < -0.3 is 14.2 Å². The van der Waals surface area contributed by atoms with Gasteiger partial charge in [0.2, 0.25) is 0 Å². The molecule has 53 heavy (non-hydrogen) atoms. The lowest BCUT2D eigenvalue weighted by atomic mass is 10.1. The monoisotopic (exact) mass is 737 g/mol. The molecular formula is C47H76O6. The molecule has 0 aliphatic heterocycles. The van der Waals surface area contributed by atoms with Gasteiger partial charge in [0.15, 0.2) is 6.10 Å². The molecule has 0 aliphatic carbocycles. The summed E-state index contributed by atoms with van der Waals surface area (Å²) in [5.41, 5.74) is 0. The van der Waals surface area contributed by atoms with Crippen LogP contribution >= 0.6 is 0 Å². The van der Waals surface area contributed by atoms with Crippen molar-refractivity contribution in [1.29, 1.82) is 0 Å². The van der Waals surface area contributed by atoms with Crippen LogP contribution in [0.3, 0.4) is 0 Å². The normalized spacial score (nSPS) is 12.9. The maximum absolute atomic E-state index is 12.4. The maximum atomic E-state index is 12.4. The van der Waals surface area contributed by atoms with Crippen LogP contribution in [-0.4, -0.2) is 37.2 Å². The number of esters is 3. The Morgan fingerprint density at radius 1 is 0.396 bits per heavy atom. The van der Waals surface area contributed by atoms with Crippen molar-refractivity contribution in [2.45, 2.75) is 181 Å². The molecule has 0 radical (unpaired) electrons. The lowest BCUT2D eigenvalue weighted by Crippen LogP contribution is -2.30. The Morgan fingerprint density at radius 2 is 0.736 bits per heavy atom. The lowest BCUT2D eigenvalue weighted by molar-refractivity contribution is -0.167. The fraction of sp³-hybridized carbons (Fsp3) is 0.638. The predicted molar refractivity (Wildman–Crippen MR) is 224 cm³/mol. The first-order valence-corrected chi connectivity index (χ1v) is 21.1. The largest absolute Gasteiger partial charge is 0.462 e. The maximum Gasteiger partial charge on any atom is 0.306 e. The highest BCUT2D eigenvalue weighted by molar-refractivity contribution is 5.71. The summed E-state index contributed by atoms with van der Waals surface area (Å²) < 4.78 is 16.4. The summed E-state index contributed by atoms with van der Waals surface area (Å²) in [6, 6.07) is 0. The zero-order valence-electron chi connectivity index (χ0n) is 34.0. The average molecular weight is 737 g/mol. The number of carbonyl (C=O) groups excluding carboxylic acids is 3. The van der Waals surface area contributed by atoms with Crippen LogP contribution in [0, 0.1) is 0 Å². The van der Waals surface area contributed by atoms with Gasteiger partial charge in [-0.25, -0.2) is 0 Å². The van der Waals surface area contributed by atoms with Crippen LogP contribution in [0.15, 0.2) is 85.1 Å². The van der Waals surface area contributed by atoms with Crippen molar-refractivity contribution in [2.24, 2.45) is 0 Å².